The van der Waals surface area contributed by atoms with Crippen molar-refractivity contribution in [2.24, 2.45) is 11.7 Å². The van der Waals surface area contributed by atoms with Crippen LogP contribution in [0.25, 0.3) is 0 Å². The predicted octanol–water partition coefficient (Wildman–Crippen LogP) is -0.0106. The Morgan fingerprint density at radius 2 is 2.17 bits per heavy atom. The van der Waals surface area contributed by atoms with E-state index in [1.807, 2.05) is 0 Å². The molecule has 1 aliphatic carbocycles. The van der Waals surface area contributed by atoms with Crippen molar-refractivity contribution in [1.29, 1.82) is 0 Å². The molecule has 0 spiro atoms. The minimum Gasteiger partial charge on any atom is -0.369 e. The number of rotatable bonds is 3. The lowest BCUT2D eigenvalue weighted by Crippen LogP contribution is -2.32. The highest BCUT2D eigenvalue weighted by Crippen LogP contribution is 2.46. The van der Waals surface area contributed by atoms with E-state index in [0.717, 1.165) is 12.5 Å². The van der Waals surface area contributed by atoms with Crippen LogP contribution in [-0.2, 0) is 9.59 Å². The second kappa shape index (κ2) is 4.00. The molecule has 6 nitrogen and oxygen atoms in total. The maximum absolute atomic E-state index is 11.9. The van der Waals surface area contributed by atoms with E-state index in [0.29, 0.717) is 16.8 Å². The zero-order valence-electron chi connectivity index (χ0n) is 8.85. The number of alkyl halides is 3. The van der Waals surface area contributed by atoms with Gasteiger partial charge >= 0.3 is 12.1 Å². The van der Waals surface area contributed by atoms with E-state index < -0.39 is 18.1 Å². The molecular formula is C9H8F3N3O3. The Bertz CT molecular complexity index is 497. The van der Waals surface area contributed by atoms with Gasteiger partial charge in [0.1, 0.15) is 6.33 Å². The van der Waals surface area contributed by atoms with Crippen LogP contribution in [0.5, 0.6) is 0 Å². The van der Waals surface area contributed by atoms with Crippen molar-refractivity contribution in [2.75, 3.05) is 0 Å². The van der Waals surface area contributed by atoms with Crippen molar-refractivity contribution in [2.45, 2.75) is 18.5 Å². The van der Waals surface area contributed by atoms with Crippen molar-refractivity contribution in [3.05, 3.63) is 18.2 Å². The molecule has 0 bridgehead atoms. The number of carbonyl (C=O) groups excluding carboxylic acids is 2. The van der Waals surface area contributed by atoms with Crippen molar-refractivity contribution >= 4 is 11.9 Å². The highest BCUT2D eigenvalue weighted by atomic mass is 19.4. The molecule has 1 heterocycles. The summed E-state index contributed by atoms with van der Waals surface area (Å²) in [6.45, 7) is 0. The smallest absolute Gasteiger partial charge is 0.369 e. The molecule has 0 aliphatic heterocycles. The van der Waals surface area contributed by atoms with Crippen molar-refractivity contribution < 1.29 is 27.6 Å². The molecular weight excluding hydrogens is 255 g/mol. The largest absolute Gasteiger partial charge is 0.493 e. The normalized spacial score (nSPS) is 22.6. The first-order valence-corrected chi connectivity index (χ1v) is 4.91. The van der Waals surface area contributed by atoms with E-state index in [9.17, 15) is 22.8 Å². The molecule has 0 aromatic carbocycles. The molecule has 1 aromatic rings. The van der Waals surface area contributed by atoms with Gasteiger partial charge in [0.2, 0.25) is 5.91 Å². The summed E-state index contributed by atoms with van der Waals surface area (Å²) in [6.07, 6.45) is -2.52. The number of halogens is 3. The van der Waals surface area contributed by atoms with E-state index in [2.05, 4.69) is 9.82 Å². The van der Waals surface area contributed by atoms with Crippen LogP contribution in [0.1, 0.15) is 18.0 Å². The van der Waals surface area contributed by atoms with Gasteiger partial charge in [0.25, 0.3) is 0 Å². The van der Waals surface area contributed by atoms with Crippen LogP contribution in [0.15, 0.2) is 12.5 Å². The monoisotopic (exact) mass is 263 g/mol. The summed E-state index contributed by atoms with van der Waals surface area (Å²) in [6, 6.07) is 0. The number of primary amides is 1. The number of hydrogen-bond acceptors (Lipinski definition) is 4. The summed E-state index contributed by atoms with van der Waals surface area (Å²) in [5.74, 6) is -3.39. The molecule has 1 fully saturated rings. The zero-order valence-corrected chi connectivity index (χ0v) is 8.85. The van der Waals surface area contributed by atoms with Crippen LogP contribution in [0.2, 0.25) is 0 Å². The molecule has 2 rings (SSSR count). The molecule has 2 unspecified atom stereocenters. The molecule has 98 valence electrons. The lowest BCUT2D eigenvalue weighted by atomic mass is 10.2. The number of hydrogen-bond donors (Lipinski definition) is 1. The molecule has 18 heavy (non-hydrogen) atoms. The van der Waals surface area contributed by atoms with Crippen molar-refractivity contribution in [3.63, 3.8) is 0 Å². The van der Waals surface area contributed by atoms with Crippen molar-refractivity contribution in [3.8, 4) is 0 Å². The molecule has 1 amide bonds. The standard InChI is InChI=1S/C9H8F3N3O3/c10-9(11,12)8(17)18-15-2-6(14-3-15)4-1-5(4)7(13)16/h2-5H,1H2,(H2,13,16). The minimum absolute atomic E-state index is 0.215. The molecule has 0 saturated heterocycles. The number of nitrogens with zero attached hydrogens (tertiary/aromatic N) is 2. The lowest BCUT2D eigenvalue weighted by molar-refractivity contribution is -0.199. The van der Waals surface area contributed by atoms with Gasteiger partial charge in [0, 0.05) is 11.8 Å². The second-order valence-corrected chi connectivity index (χ2v) is 3.89. The van der Waals surface area contributed by atoms with Crippen molar-refractivity contribution in [1.82, 2.24) is 9.71 Å². The zero-order chi connectivity index (χ0) is 13.5. The first kappa shape index (κ1) is 12.4. The van der Waals surface area contributed by atoms with Gasteiger partial charge in [-0.15, -0.1) is 0 Å². The Kier molecular flexibility index (Phi) is 2.76. The van der Waals surface area contributed by atoms with E-state index in [-0.39, 0.29) is 11.8 Å². The first-order valence-electron chi connectivity index (χ1n) is 4.91. The topological polar surface area (TPSA) is 87.2 Å². The molecule has 9 heteroatoms. The Morgan fingerprint density at radius 3 is 2.67 bits per heavy atom. The van der Waals surface area contributed by atoms with Crippen LogP contribution in [0.3, 0.4) is 0 Å². The summed E-state index contributed by atoms with van der Waals surface area (Å²) in [4.78, 5) is 29.1. The average molecular weight is 263 g/mol. The first-order chi connectivity index (χ1) is 8.29. The fraction of sp³-hybridized carbons (Fsp3) is 0.444. The highest BCUT2D eigenvalue weighted by Gasteiger charge is 2.45. The summed E-state index contributed by atoms with van der Waals surface area (Å²) >= 11 is 0. The molecule has 2 atom stereocenters. The SMILES string of the molecule is NC(=O)C1CC1c1cn(OC(=O)C(F)(F)F)cn1. The maximum atomic E-state index is 11.9. The van der Waals surface area contributed by atoms with Crippen LogP contribution < -0.4 is 10.6 Å². The Labute approximate surface area is 98.5 Å². The lowest BCUT2D eigenvalue weighted by Gasteiger charge is -2.05. The Morgan fingerprint density at radius 1 is 1.50 bits per heavy atom. The molecule has 1 aromatic heterocycles. The maximum Gasteiger partial charge on any atom is 0.493 e. The molecule has 0 radical (unpaired) electrons. The van der Waals surface area contributed by atoms with Gasteiger partial charge in [-0.1, -0.05) is 0 Å². The van der Waals surface area contributed by atoms with Gasteiger partial charge in [0.05, 0.1) is 11.9 Å². The van der Waals surface area contributed by atoms with Gasteiger partial charge in [-0.05, 0) is 6.42 Å². The highest BCUT2D eigenvalue weighted by molar-refractivity contribution is 5.80. The van der Waals surface area contributed by atoms with Crippen LogP contribution in [0.4, 0.5) is 13.2 Å². The van der Waals surface area contributed by atoms with Gasteiger partial charge in [0.15, 0.2) is 0 Å². The van der Waals surface area contributed by atoms with Crippen LogP contribution in [0, 0.1) is 5.92 Å². The second-order valence-electron chi connectivity index (χ2n) is 3.89. The third-order valence-electron chi connectivity index (χ3n) is 2.54. The third-order valence-corrected chi connectivity index (χ3v) is 2.54. The van der Waals surface area contributed by atoms with E-state index in [1.165, 1.54) is 0 Å². The number of nitrogens with two attached hydrogens (primary N) is 1. The quantitative estimate of drug-likeness (QED) is 0.830. The number of imidazole rings is 1. The summed E-state index contributed by atoms with van der Waals surface area (Å²) in [5, 5.41) is 0. The van der Waals surface area contributed by atoms with Gasteiger partial charge in [-0.25, -0.2) is 9.78 Å². The number of aromatic nitrogens is 2. The van der Waals surface area contributed by atoms with Crippen LogP contribution in [-0.4, -0.2) is 27.8 Å². The van der Waals surface area contributed by atoms with E-state index in [4.69, 9.17) is 5.73 Å². The Hall–Kier alpha value is -2.06. The average Bonchev–Trinajstić information content (AvgIpc) is 2.92. The molecule has 1 saturated carbocycles. The summed E-state index contributed by atoms with van der Waals surface area (Å²) in [7, 11) is 0. The van der Waals surface area contributed by atoms with E-state index in [1.54, 1.807) is 0 Å². The summed E-state index contributed by atoms with van der Waals surface area (Å²) < 4.78 is 36.3. The minimum atomic E-state index is -5.07. The van der Waals surface area contributed by atoms with Gasteiger partial charge in [-0.2, -0.15) is 17.9 Å². The summed E-state index contributed by atoms with van der Waals surface area (Å²) in [5.41, 5.74) is 5.43. The predicted molar refractivity (Wildman–Crippen MR) is 49.9 cm³/mol. The van der Waals surface area contributed by atoms with Gasteiger partial charge in [-0.3, -0.25) is 4.79 Å². The Balaban J connectivity index is 2.00. The van der Waals surface area contributed by atoms with Gasteiger partial charge < -0.3 is 10.6 Å². The van der Waals surface area contributed by atoms with E-state index >= 15 is 0 Å². The molecule has 1 aliphatic rings. The number of carbonyl (C=O) groups is 2. The fourth-order valence-corrected chi connectivity index (χ4v) is 1.55. The number of amides is 1. The molecule has 2 N–H and O–H groups in total. The third kappa shape index (κ3) is 2.44. The van der Waals surface area contributed by atoms with Crippen LogP contribution >= 0.6 is 0 Å². The fourth-order valence-electron chi connectivity index (χ4n) is 1.55.